The van der Waals surface area contributed by atoms with Gasteiger partial charge in [-0.1, -0.05) is 0 Å². The van der Waals surface area contributed by atoms with Gasteiger partial charge in [-0.3, -0.25) is 9.59 Å². The summed E-state index contributed by atoms with van der Waals surface area (Å²) in [7, 11) is 0. The molecule has 2 amide bonds. The zero-order valence-corrected chi connectivity index (χ0v) is 10.3. The zero-order valence-electron chi connectivity index (χ0n) is 10.3. The van der Waals surface area contributed by atoms with Crippen LogP contribution in [0.15, 0.2) is 18.3 Å². The number of nitrogens with zero attached hydrogens (tertiary/aromatic N) is 2. The monoisotopic (exact) mass is 263 g/mol. The first-order chi connectivity index (χ1) is 9.15. The Labute approximate surface area is 109 Å². The van der Waals surface area contributed by atoms with E-state index in [1.807, 2.05) is 0 Å². The highest BCUT2D eigenvalue weighted by Crippen LogP contribution is 2.29. The molecule has 0 radical (unpaired) electrons. The smallest absolute Gasteiger partial charge is 0.275 e. The third kappa shape index (κ3) is 2.18. The van der Waals surface area contributed by atoms with Crippen molar-refractivity contribution in [1.82, 2.24) is 15.2 Å². The van der Waals surface area contributed by atoms with Crippen molar-refractivity contribution in [2.45, 2.75) is 6.42 Å². The van der Waals surface area contributed by atoms with Gasteiger partial charge in [0.15, 0.2) is 11.5 Å². The molecule has 5 nitrogen and oxygen atoms in total. The van der Waals surface area contributed by atoms with E-state index in [1.54, 1.807) is 4.90 Å². The first kappa shape index (κ1) is 12.1. The molecule has 2 aliphatic rings. The lowest BCUT2D eigenvalue weighted by Gasteiger charge is -2.23. The van der Waals surface area contributed by atoms with Crippen LogP contribution in [0.4, 0.5) is 4.39 Å². The first-order valence-electron chi connectivity index (χ1n) is 6.31. The molecule has 100 valence electrons. The zero-order chi connectivity index (χ0) is 13.4. The van der Waals surface area contributed by atoms with Gasteiger partial charge >= 0.3 is 0 Å². The van der Waals surface area contributed by atoms with Gasteiger partial charge in [0.25, 0.3) is 5.91 Å². The van der Waals surface area contributed by atoms with Crippen LogP contribution < -0.4 is 5.32 Å². The molecule has 0 aromatic carbocycles. The van der Waals surface area contributed by atoms with Crippen LogP contribution in [0.5, 0.6) is 0 Å². The Kier molecular flexibility index (Phi) is 2.93. The molecule has 0 bridgehead atoms. The number of carbonyl (C=O) groups excluding carboxylic acids is 2. The summed E-state index contributed by atoms with van der Waals surface area (Å²) in [4.78, 5) is 28.9. The molecule has 0 spiro atoms. The Hall–Kier alpha value is -1.98. The highest BCUT2D eigenvalue weighted by atomic mass is 19.1. The fraction of sp³-hybridized carbons (Fsp3) is 0.462. The van der Waals surface area contributed by atoms with Crippen molar-refractivity contribution < 1.29 is 14.0 Å². The largest absolute Gasteiger partial charge is 0.356 e. The molecule has 1 aromatic heterocycles. The van der Waals surface area contributed by atoms with E-state index in [9.17, 15) is 14.0 Å². The van der Waals surface area contributed by atoms with Crippen LogP contribution in [0.2, 0.25) is 0 Å². The second kappa shape index (κ2) is 4.60. The van der Waals surface area contributed by atoms with E-state index in [2.05, 4.69) is 10.3 Å². The molecule has 3 rings (SSSR count). The number of amides is 2. The van der Waals surface area contributed by atoms with E-state index in [-0.39, 0.29) is 29.3 Å². The van der Waals surface area contributed by atoms with Gasteiger partial charge in [-0.25, -0.2) is 9.37 Å². The summed E-state index contributed by atoms with van der Waals surface area (Å²) in [6.07, 6.45) is 1.85. The number of aromatic nitrogens is 1. The number of halogens is 1. The van der Waals surface area contributed by atoms with Gasteiger partial charge in [0.1, 0.15) is 0 Å². The van der Waals surface area contributed by atoms with Gasteiger partial charge in [-0.05, 0) is 24.0 Å². The number of piperidine rings is 1. The molecule has 2 atom stereocenters. The standard InChI is InChI=1S/C13H14FN3O2/c14-10-2-1-3-15-12(10)13(19)17-6-8-4-11(18)16-5-9(8)7-17/h1-3,8-9H,4-7H2,(H,16,18)/t8-,9+/m0/s1. The van der Waals surface area contributed by atoms with E-state index in [0.717, 1.165) is 0 Å². The topological polar surface area (TPSA) is 62.3 Å². The third-order valence-corrected chi connectivity index (χ3v) is 3.83. The molecule has 3 heterocycles. The molecule has 0 aliphatic carbocycles. The van der Waals surface area contributed by atoms with Crippen molar-refractivity contribution in [2.75, 3.05) is 19.6 Å². The average molecular weight is 263 g/mol. The van der Waals surface area contributed by atoms with E-state index in [0.29, 0.717) is 26.1 Å². The summed E-state index contributed by atoms with van der Waals surface area (Å²) >= 11 is 0. The minimum Gasteiger partial charge on any atom is -0.356 e. The van der Waals surface area contributed by atoms with Gasteiger partial charge in [-0.2, -0.15) is 0 Å². The van der Waals surface area contributed by atoms with Crippen LogP contribution in [0.25, 0.3) is 0 Å². The molecule has 0 saturated carbocycles. The van der Waals surface area contributed by atoms with Crippen LogP contribution in [0.1, 0.15) is 16.9 Å². The first-order valence-corrected chi connectivity index (χ1v) is 6.31. The molecule has 2 aliphatic heterocycles. The Bertz CT molecular complexity index is 534. The molecular formula is C13H14FN3O2. The van der Waals surface area contributed by atoms with E-state index < -0.39 is 5.82 Å². The van der Waals surface area contributed by atoms with Crippen LogP contribution in [0.3, 0.4) is 0 Å². The second-order valence-corrected chi connectivity index (χ2v) is 5.07. The molecule has 1 aromatic rings. The molecule has 1 N–H and O–H groups in total. The van der Waals surface area contributed by atoms with Gasteiger partial charge in [0, 0.05) is 32.3 Å². The van der Waals surface area contributed by atoms with Crippen LogP contribution in [-0.2, 0) is 4.79 Å². The molecule has 19 heavy (non-hydrogen) atoms. The number of hydrogen-bond donors (Lipinski definition) is 1. The third-order valence-electron chi connectivity index (χ3n) is 3.83. The molecular weight excluding hydrogens is 249 g/mol. The van der Waals surface area contributed by atoms with Gasteiger partial charge in [0.2, 0.25) is 5.91 Å². The normalized spacial score (nSPS) is 25.9. The number of hydrogen-bond acceptors (Lipinski definition) is 3. The summed E-state index contributed by atoms with van der Waals surface area (Å²) in [5, 5.41) is 2.80. The lowest BCUT2D eigenvalue weighted by molar-refractivity contribution is -0.124. The Balaban J connectivity index is 1.76. The average Bonchev–Trinajstić information content (AvgIpc) is 2.81. The fourth-order valence-corrected chi connectivity index (χ4v) is 2.82. The van der Waals surface area contributed by atoms with E-state index >= 15 is 0 Å². The highest BCUT2D eigenvalue weighted by Gasteiger charge is 2.39. The van der Waals surface area contributed by atoms with Gasteiger partial charge in [-0.15, -0.1) is 0 Å². The molecule has 2 fully saturated rings. The Morgan fingerprint density at radius 2 is 2.21 bits per heavy atom. The lowest BCUT2D eigenvalue weighted by atomic mass is 9.89. The SMILES string of the molecule is O=C1C[C@H]2CN(C(=O)c3ncccc3F)C[C@H]2CN1. The van der Waals surface area contributed by atoms with Crippen molar-refractivity contribution in [1.29, 1.82) is 0 Å². The fourth-order valence-electron chi connectivity index (χ4n) is 2.82. The predicted octanol–water partition coefficient (Wildman–Crippen LogP) is 0.429. The number of likely N-dealkylation sites (tertiary alicyclic amines) is 1. The summed E-state index contributed by atoms with van der Waals surface area (Å²) in [6, 6.07) is 2.69. The maximum atomic E-state index is 13.5. The number of rotatable bonds is 1. The number of carbonyl (C=O) groups is 2. The lowest BCUT2D eigenvalue weighted by Crippen LogP contribution is -2.40. The van der Waals surface area contributed by atoms with Crippen LogP contribution in [-0.4, -0.2) is 41.3 Å². The minimum atomic E-state index is -0.600. The van der Waals surface area contributed by atoms with Crippen LogP contribution in [0, 0.1) is 17.7 Å². The number of pyridine rings is 1. The molecule has 0 unspecified atom stereocenters. The Morgan fingerprint density at radius 1 is 1.42 bits per heavy atom. The van der Waals surface area contributed by atoms with Crippen molar-refractivity contribution in [3.8, 4) is 0 Å². The quantitative estimate of drug-likeness (QED) is 0.799. The summed E-state index contributed by atoms with van der Waals surface area (Å²) in [5.41, 5.74) is -0.138. The van der Waals surface area contributed by atoms with Crippen molar-refractivity contribution in [3.63, 3.8) is 0 Å². The maximum Gasteiger partial charge on any atom is 0.275 e. The summed E-state index contributed by atoms with van der Waals surface area (Å²) in [5.74, 6) is -0.506. The predicted molar refractivity (Wildman–Crippen MR) is 64.7 cm³/mol. The minimum absolute atomic E-state index is 0.0274. The highest BCUT2D eigenvalue weighted by molar-refractivity contribution is 5.92. The van der Waals surface area contributed by atoms with Crippen molar-refractivity contribution in [2.24, 2.45) is 11.8 Å². The van der Waals surface area contributed by atoms with Crippen LogP contribution >= 0.6 is 0 Å². The molecule has 6 heteroatoms. The Morgan fingerprint density at radius 3 is 3.00 bits per heavy atom. The number of nitrogens with one attached hydrogen (secondary N) is 1. The summed E-state index contributed by atoms with van der Waals surface area (Å²) < 4.78 is 13.5. The van der Waals surface area contributed by atoms with E-state index in [4.69, 9.17) is 0 Å². The van der Waals surface area contributed by atoms with Crippen molar-refractivity contribution >= 4 is 11.8 Å². The van der Waals surface area contributed by atoms with E-state index in [1.165, 1.54) is 18.3 Å². The van der Waals surface area contributed by atoms with Gasteiger partial charge in [0.05, 0.1) is 0 Å². The second-order valence-electron chi connectivity index (χ2n) is 5.07. The van der Waals surface area contributed by atoms with Gasteiger partial charge < -0.3 is 10.2 Å². The maximum absolute atomic E-state index is 13.5. The number of fused-ring (bicyclic) bond motifs is 1. The summed E-state index contributed by atoms with van der Waals surface area (Å²) in [6.45, 7) is 1.66. The molecule has 2 saturated heterocycles. The van der Waals surface area contributed by atoms with Crippen molar-refractivity contribution in [3.05, 3.63) is 29.8 Å².